The number of carbonyl (C=O) groups excluding carboxylic acids is 4. The standard InChI is InChI=1S/C30H36Cl2FN5O5/c1-43-20-7-4-14-37(17-20)25(39)10-11-26(40)38-16-19-6-3-2-5-18(19)15-24(38)30(42)36-23(12-13-34)29(41)35-22-9-8-21(31)27(32)28(22)33/h2-3,5-6,8-9,20,23-24H,4,7,10-17,34H2,1H3,(H,35,41)(H,36,42)/t20-,23-,24-/m0/s1. The number of nitrogens with two attached hydrogens (primary N) is 1. The average molecular weight is 637 g/mol. The Labute approximate surface area is 260 Å². The van der Waals surface area contributed by atoms with Crippen LogP contribution in [0, 0.1) is 5.82 Å². The monoisotopic (exact) mass is 635 g/mol. The number of nitrogens with one attached hydrogen (secondary N) is 2. The van der Waals surface area contributed by atoms with E-state index in [0.29, 0.717) is 13.1 Å². The van der Waals surface area contributed by atoms with E-state index in [0.717, 1.165) is 24.0 Å². The summed E-state index contributed by atoms with van der Waals surface area (Å²) < 4.78 is 20.0. The lowest BCUT2D eigenvalue weighted by Gasteiger charge is -2.37. The van der Waals surface area contributed by atoms with Crippen molar-refractivity contribution in [3.63, 3.8) is 0 Å². The zero-order valence-electron chi connectivity index (χ0n) is 23.9. The predicted molar refractivity (Wildman–Crippen MR) is 161 cm³/mol. The van der Waals surface area contributed by atoms with Gasteiger partial charge in [0.2, 0.25) is 23.6 Å². The fraction of sp³-hybridized carbons (Fsp3) is 0.467. The number of benzene rings is 2. The van der Waals surface area contributed by atoms with E-state index < -0.39 is 29.7 Å². The van der Waals surface area contributed by atoms with Gasteiger partial charge >= 0.3 is 0 Å². The molecule has 0 spiro atoms. The SMILES string of the molecule is CO[C@H]1CCCN(C(=O)CCC(=O)N2Cc3ccccc3C[C@H]2C(=O)N[C@@H](CCN)C(=O)Nc2ccc(Cl)c(Cl)c2F)C1. The number of piperidine rings is 1. The Balaban J connectivity index is 1.47. The number of fused-ring (bicyclic) bond motifs is 1. The lowest BCUT2D eigenvalue weighted by atomic mass is 9.92. The van der Waals surface area contributed by atoms with E-state index >= 15 is 0 Å². The quantitative estimate of drug-likeness (QED) is 0.343. The largest absolute Gasteiger partial charge is 0.380 e. The highest BCUT2D eigenvalue weighted by Crippen LogP contribution is 2.30. The average Bonchev–Trinajstić information content (AvgIpc) is 3.02. The highest BCUT2D eigenvalue weighted by Gasteiger charge is 2.36. The number of ether oxygens (including phenoxy) is 1. The van der Waals surface area contributed by atoms with Crippen molar-refractivity contribution in [3.8, 4) is 0 Å². The van der Waals surface area contributed by atoms with Gasteiger partial charge in [-0.2, -0.15) is 0 Å². The second-order valence-electron chi connectivity index (χ2n) is 10.7. The first kappa shape index (κ1) is 32.7. The van der Waals surface area contributed by atoms with Crippen molar-refractivity contribution in [1.82, 2.24) is 15.1 Å². The predicted octanol–water partition coefficient (Wildman–Crippen LogP) is 3.28. The second-order valence-corrected chi connectivity index (χ2v) is 11.5. The van der Waals surface area contributed by atoms with Crippen molar-refractivity contribution in [1.29, 1.82) is 0 Å². The Morgan fingerprint density at radius 2 is 1.81 bits per heavy atom. The van der Waals surface area contributed by atoms with Gasteiger partial charge < -0.3 is 30.9 Å². The lowest BCUT2D eigenvalue weighted by Crippen LogP contribution is -2.56. The first-order valence-corrected chi connectivity index (χ1v) is 15.0. The molecule has 4 N–H and O–H groups in total. The van der Waals surface area contributed by atoms with Crippen LogP contribution in [0.15, 0.2) is 36.4 Å². The van der Waals surface area contributed by atoms with Crippen molar-refractivity contribution < 1.29 is 28.3 Å². The van der Waals surface area contributed by atoms with Crippen LogP contribution in [-0.4, -0.2) is 78.4 Å². The zero-order chi connectivity index (χ0) is 31.1. The Bertz CT molecular complexity index is 1360. The van der Waals surface area contributed by atoms with Gasteiger partial charge in [-0.05, 0) is 49.1 Å². The molecule has 1 saturated heterocycles. The highest BCUT2D eigenvalue weighted by molar-refractivity contribution is 6.42. The molecule has 2 aliphatic heterocycles. The van der Waals surface area contributed by atoms with E-state index in [-0.39, 0.29) is 72.4 Å². The summed E-state index contributed by atoms with van der Waals surface area (Å²) in [7, 11) is 1.62. The first-order valence-electron chi connectivity index (χ1n) is 14.2. The molecule has 1 fully saturated rings. The summed E-state index contributed by atoms with van der Waals surface area (Å²) in [5, 5.41) is 4.78. The molecular weight excluding hydrogens is 600 g/mol. The van der Waals surface area contributed by atoms with Crippen molar-refractivity contribution >= 4 is 52.5 Å². The third-order valence-corrected chi connectivity index (χ3v) is 8.65. The maximum absolute atomic E-state index is 14.6. The minimum Gasteiger partial charge on any atom is -0.380 e. The third-order valence-electron chi connectivity index (χ3n) is 7.87. The van der Waals surface area contributed by atoms with Gasteiger partial charge in [0, 0.05) is 46.0 Å². The topological polar surface area (TPSA) is 134 Å². The van der Waals surface area contributed by atoms with E-state index in [4.69, 9.17) is 33.7 Å². The van der Waals surface area contributed by atoms with E-state index in [1.54, 1.807) is 12.0 Å². The molecule has 4 rings (SSSR count). The van der Waals surface area contributed by atoms with Crippen molar-refractivity contribution in [2.75, 3.05) is 32.1 Å². The fourth-order valence-corrected chi connectivity index (χ4v) is 5.75. The molecule has 3 atom stereocenters. The fourth-order valence-electron chi connectivity index (χ4n) is 5.44. The van der Waals surface area contributed by atoms with Gasteiger partial charge in [0.05, 0.1) is 21.8 Å². The number of rotatable bonds is 10. The van der Waals surface area contributed by atoms with Crippen LogP contribution in [0.1, 0.15) is 43.2 Å². The van der Waals surface area contributed by atoms with Gasteiger partial charge in [-0.15, -0.1) is 0 Å². The number of hydrogen-bond acceptors (Lipinski definition) is 6. The molecule has 10 nitrogen and oxygen atoms in total. The minimum absolute atomic E-state index is 0.00910. The number of hydrogen-bond donors (Lipinski definition) is 3. The van der Waals surface area contributed by atoms with Crippen LogP contribution in [0.3, 0.4) is 0 Å². The van der Waals surface area contributed by atoms with E-state index in [2.05, 4.69) is 10.6 Å². The van der Waals surface area contributed by atoms with Crippen molar-refractivity contribution in [2.24, 2.45) is 5.73 Å². The molecule has 2 aromatic carbocycles. The number of methoxy groups -OCH3 is 1. The van der Waals surface area contributed by atoms with Crippen LogP contribution in [-0.2, 0) is 36.9 Å². The van der Waals surface area contributed by atoms with E-state index in [1.807, 2.05) is 24.3 Å². The summed E-state index contributed by atoms with van der Waals surface area (Å²) in [5.74, 6) is -2.65. The molecule has 43 heavy (non-hydrogen) atoms. The van der Waals surface area contributed by atoms with Crippen LogP contribution in [0.25, 0.3) is 0 Å². The number of nitrogens with zero attached hydrogens (tertiary/aromatic N) is 2. The maximum Gasteiger partial charge on any atom is 0.247 e. The van der Waals surface area contributed by atoms with Gasteiger partial charge in [0.1, 0.15) is 12.1 Å². The smallest absolute Gasteiger partial charge is 0.247 e. The molecule has 2 heterocycles. The molecule has 13 heteroatoms. The van der Waals surface area contributed by atoms with Gasteiger partial charge in [0.25, 0.3) is 0 Å². The molecule has 0 radical (unpaired) electrons. The van der Waals surface area contributed by atoms with Crippen LogP contribution >= 0.6 is 23.2 Å². The maximum atomic E-state index is 14.6. The van der Waals surface area contributed by atoms with Gasteiger partial charge in [0.15, 0.2) is 5.82 Å². The molecule has 4 amide bonds. The van der Waals surface area contributed by atoms with Gasteiger partial charge in [-0.25, -0.2) is 4.39 Å². The molecule has 2 aliphatic rings. The van der Waals surface area contributed by atoms with Crippen LogP contribution in [0.2, 0.25) is 10.0 Å². The Hall–Kier alpha value is -3.25. The molecule has 0 unspecified atom stereocenters. The second kappa shape index (κ2) is 15.0. The van der Waals surface area contributed by atoms with Crippen molar-refractivity contribution in [2.45, 2.75) is 63.3 Å². The molecular formula is C30H36Cl2FN5O5. The van der Waals surface area contributed by atoms with Crippen molar-refractivity contribution in [3.05, 3.63) is 63.4 Å². The summed E-state index contributed by atoms with van der Waals surface area (Å²) in [6.07, 6.45) is 1.92. The third kappa shape index (κ3) is 8.03. The minimum atomic E-state index is -1.12. The number of amides is 4. The molecule has 2 aromatic rings. The number of anilines is 1. The van der Waals surface area contributed by atoms with Gasteiger partial charge in [-0.1, -0.05) is 47.5 Å². The molecule has 0 aromatic heterocycles. The lowest BCUT2D eigenvalue weighted by molar-refractivity contribution is -0.144. The van der Waals surface area contributed by atoms with Crippen LogP contribution in [0.4, 0.5) is 10.1 Å². The molecule has 0 aliphatic carbocycles. The first-order chi connectivity index (χ1) is 20.6. The number of halogens is 3. The summed E-state index contributed by atoms with van der Waals surface area (Å²) in [6.45, 7) is 1.34. The molecule has 0 bridgehead atoms. The summed E-state index contributed by atoms with van der Waals surface area (Å²) in [5.41, 5.74) is 7.32. The van der Waals surface area contributed by atoms with Gasteiger partial charge in [-0.3, -0.25) is 19.2 Å². The number of carbonyl (C=O) groups is 4. The highest BCUT2D eigenvalue weighted by atomic mass is 35.5. The Morgan fingerprint density at radius 3 is 2.53 bits per heavy atom. The Morgan fingerprint density at radius 1 is 1.09 bits per heavy atom. The summed E-state index contributed by atoms with van der Waals surface area (Å²) in [6, 6.07) is 8.06. The normalized spacial score (nSPS) is 18.9. The Kier molecular flexibility index (Phi) is 11.4. The van der Waals surface area contributed by atoms with E-state index in [9.17, 15) is 23.6 Å². The summed E-state index contributed by atoms with van der Waals surface area (Å²) in [4.78, 5) is 56.3. The zero-order valence-corrected chi connectivity index (χ0v) is 25.4. The molecule has 232 valence electrons. The van der Waals surface area contributed by atoms with Crippen LogP contribution in [0.5, 0.6) is 0 Å². The number of likely N-dealkylation sites (tertiary alicyclic amines) is 1. The molecule has 0 saturated carbocycles. The van der Waals surface area contributed by atoms with E-state index in [1.165, 1.54) is 17.0 Å². The van der Waals surface area contributed by atoms with Crippen LogP contribution < -0.4 is 16.4 Å². The summed E-state index contributed by atoms with van der Waals surface area (Å²) >= 11 is 11.7.